The fraction of sp³-hybridized carbons (Fsp3) is 0.200. The van der Waals surface area contributed by atoms with Crippen LogP contribution in [0.4, 0.5) is 5.69 Å². The Morgan fingerprint density at radius 1 is 1.12 bits per heavy atom. The fourth-order valence-corrected chi connectivity index (χ4v) is 3.64. The largest absolute Gasteiger partial charge is 0.486 e. The minimum Gasteiger partial charge on any atom is -0.486 e. The van der Waals surface area contributed by atoms with Crippen LogP contribution in [0.25, 0.3) is 22.4 Å². The summed E-state index contributed by atoms with van der Waals surface area (Å²) in [4.78, 5) is 37.4. The molecule has 1 unspecified atom stereocenters. The van der Waals surface area contributed by atoms with Crippen LogP contribution in [0.3, 0.4) is 0 Å². The van der Waals surface area contributed by atoms with E-state index in [-0.39, 0.29) is 0 Å². The second-order valence-electron chi connectivity index (χ2n) is 7.71. The summed E-state index contributed by atoms with van der Waals surface area (Å²) in [5, 5.41) is 2.78. The molecule has 1 amide bonds. The van der Waals surface area contributed by atoms with Gasteiger partial charge in [-0.1, -0.05) is 6.92 Å². The van der Waals surface area contributed by atoms with E-state index in [2.05, 4.69) is 20.3 Å². The summed E-state index contributed by atoms with van der Waals surface area (Å²) in [6.45, 7) is 2.71. The standard InChI is InChI=1S/C25H22N4O5/c1-2-20(24(30)27-17-6-8-21-22(13-17)33-11-10-32-21)34-25(31)15-5-7-18-19(12-15)29-23(28-18)16-4-3-9-26-14-16/h3-9,12-14,20H,2,10-11H2,1H3,(H,27,30)(H,28,29). The molecule has 0 spiro atoms. The van der Waals surface area contributed by atoms with Gasteiger partial charge in [0.25, 0.3) is 5.91 Å². The summed E-state index contributed by atoms with van der Waals surface area (Å²) >= 11 is 0. The van der Waals surface area contributed by atoms with Crippen molar-refractivity contribution in [3.05, 3.63) is 66.5 Å². The number of nitrogens with zero attached hydrogens (tertiary/aromatic N) is 2. The number of pyridine rings is 1. The van der Waals surface area contributed by atoms with Gasteiger partial charge in [-0.25, -0.2) is 9.78 Å². The molecule has 0 fully saturated rings. The van der Waals surface area contributed by atoms with Gasteiger partial charge in [0, 0.05) is 29.7 Å². The lowest BCUT2D eigenvalue weighted by atomic mass is 10.2. The maximum Gasteiger partial charge on any atom is 0.338 e. The van der Waals surface area contributed by atoms with Crippen LogP contribution in [0.15, 0.2) is 60.9 Å². The molecular weight excluding hydrogens is 436 g/mol. The van der Waals surface area contributed by atoms with Crippen molar-refractivity contribution in [3.8, 4) is 22.9 Å². The molecule has 4 aromatic rings. The third-order valence-corrected chi connectivity index (χ3v) is 5.37. The minimum atomic E-state index is -0.955. The van der Waals surface area contributed by atoms with E-state index < -0.39 is 18.0 Å². The van der Waals surface area contributed by atoms with E-state index in [0.717, 1.165) is 5.56 Å². The quantitative estimate of drug-likeness (QED) is 0.420. The lowest BCUT2D eigenvalue weighted by Gasteiger charge is -2.20. The summed E-state index contributed by atoms with van der Waals surface area (Å²) < 4.78 is 16.6. The normalized spacial score (nSPS) is 13.3. The number of carbonyl (C=O) groups excluding carboxylic acids is 2. The molecule has 3 heterocycles. The second-order valence-corrected chi connectivity index (χ2v) is 7.71. The first kappa shape index (κ1) is 21.4. The summed E-state index contributed by atoms with van der Waals surface area (Å²) in [5.41, 5.74) is 3.08. The molecule has 172 valence electrons. The molecule has 2 aromatic heterocycles. The number of hydrogen-bond acceptors (Lipinski definition) is 7. The van der Waals surface area contributed by atoms with Gasteiger partial charge in [-0.3, -0.25) is 9.78 Å². The van der Waals surface area contributed by atoms with Crippen molar-refractivity contribution >= 4 is 28.6 Å². The fourth-order valence-electron chi connectivity index (χ4n) is 3.64. The molecule has 9 nitrogen and oxygen atoms in total. The number of anilines is 1. The average Bonchev–Trinajstić information content (AvgIpc) is 3.31. The Morgan fingerprint density at radius 2 is 1.97 bits per heavy atom. The average molecular weight is 458 g/mol. The predicted octanol–water partition coefficient (Wildman–Crippen LogP) is 3.97. The number of imidazole rings is 1. The Bertz CT molecular complexity index is 1350. The third kappa shape index (κ3) is 4.40. The van der Waals surface area contributed by atoms with Crippen molar-refractivity contribution in [2.75, 3.05) is 18.5 Å². The topological polar surface area (TPSA) is 115 Å². The van der Waals surface area contributed by atoms with E-state index in [4.69, 9.17) is 14.2 Å². The molecule has 1 aliphatic heterocycles. The molecule has 1 atom stereocenters. The predicted molar refractivity (Wildman–Crippen MR) is 125 cm³/mol. The third-order valence-electron chi connectivity index (χ3n) is 5.37. The van der Waals surface area contributed by atoms with E-state index >= 15 is 0 Å². The number of rotatable bonds is 6. The molecule has 2 aromatic carbocycles. The number of H-pyrrole nitrogens is 1. The Kier molecular flexibility index (Phi) is 5.82. The van der Waals surface area contributed by atoms with Crippen LogP contribution in [-0.2, 0) is 9.53 Å². The van der Waals surface area contributed by atoms with Gasteiger partial charge in [0.05, 0.1) is 16.6 Å². The highest BCUT2D eigenvalue weighted by Gasteiger charge is 2.23. The van der Waals surface area contributed by atoms with E-state index in [0.29, 0.717) is 59.2 Å². The van der Waals surface area contributed by atoms with Gasteiger partial charge in [-0.15, -0.1) is 0 Å². The maximum absolute atomic E-state index is 12.8. The molecule has 0 aliphatic carbocycles. The number of benzene rings is 2. The molecule has 34 heavy (non-hydrogen) atoms. The van der Waals surface area contributed by atoms with Gasteiger partial charge < -0.3 is 24.5 Å². The summed E-state index contributed by atoms with van der Waals surface area (Å²) in [6, 6.07) is 13.9. The first-order valence-electron chi connectivity index (χ1n) is 10.9. The molecule has 2 N–H and O–H groups in total. The van der Waals surface area contributed by atoms with Crippen molar-refractivity contribution in [2.24, 2.45) is 0 Å². The van der Waals surface area contributed by atoms with Gasteiger partial charge in [0.1, 0.15) is 19.0 Å². The monoisotopic (exact) mass is 458 g/mol. The van der Waals surface area contributed by atoms with Gasteiger partial charge >= 0.3 is 5.97 Å². The number of aromatic amines is 1. The van der Waals surface area contributed by atoms with Crippen molar-refractivity contribution in [3.63, 3.8) is 0 Å². The molecule has 5 rings (SSSR count). The van der Waals surface area contributed by atoms with Crippen LogP contribution < -0.4 is 14.8 Å². The first-order valence-corrected chi connectivity index (χ1v) is 10.9. The highest BCUT2D eigenvalue weighted by molar-refractivity contribution is 5.99. The second kappa shape index (κ2) is 9.22. The molecule has 9 heteroatoms. The zero-order valence-corrected chi connectivity index (χ0v) is 18.4. The zero-order valence-electron chi connectivity index (χ0n) is 18.4. The van der Waals surface area contributed by atoms with E-state index in [1.165, 1.54) is 0 Å². The number of fused-ring (bicyclic) bond motifs is 2. The molecule has 0 radical (unpaired) electrons. The highest BCUT2D eigenvalue weighted by atomic mass is 16.6. The number of aromatic nitrogens is 3. The van der Waals surface area contributed by atoms with Crippen LogP contribution in [0.2, 0.25) is 0 Å². The van der Waals surface area contributed by atoms with Gasteiger partial charge in [-0.05, 0) is 48.9 Å². The van der Waals surface area contributed by atoms with Crippen LogP contribution in [0, 0.1) is 0 Å². The van der Waals surface area contributed by atoms with Crippen molar-refractivity contribution in [1.29, 1.82) is 0 Å². The Labute approximate surface area is 195 Å². The molecule has 0 saturated heterocycles. The molecule has 0 saturated carbocycles. The molecule has 0 bridgehead atoms. The van der Waals surface area contributed by atoms with Gasteiger partial charge in [0.15, 0.2) is 17.6 Å². The number of amides is 1. The SMILES string of the molecule is CCC(OC(=O)c1ccc2nc(-c3cccnc3)[nH]c2c1)C(=O)Nc1ccc2c(c1)OCCO2. The number of nitrogens with one attached hydrogen (secondary N) is 2. The minimum absolute atomic E-state index is 0.319. The van der Waals surface area contributed by atoms with Crippen molar-refractivity contribution in [2.45, 2.75) is 19.4 Å². The summed E-state index contributed by atoms with van der Waals surface area (Å²) in [6.07, 6.45) is 2.76. The lowest BCUT2D eigenvalue weighted by molar-refractivity contribution is -0.124. The molecule has 1 aliphatic rings. The van der Waals surface area contributed by atoms with Crippen LogP contribution >= 0.6 is 0 Å². The smallest absolute Gasteiger partial charge is 0.338 e. The van der Waals surface area contributed by atoms with Gasteiger partial charge in [0.2, 0.25) is 0 Å². The summed E-state index contributed by atoms with van der Waals surface area (Å²) in [7, 11) is 0. The number of carbonyl (C=O) groups is 2. The number of esters is 1. The van der Waals surface area contributed by atoms with Gasteiger partial charge in [-0.2, -0.15) is 0 Å². The lowest BCUT2D eigenvalue weighted by Crippen LogP contribution is -2.32. The Balaban J connectivity index is 1.28. The van der Waals surface area contributed by atoms with Crippen molar-refractivity contribution < 1.29 is 23.8 Å². The van der Waals surface area contributed by atoms with E-state index in [1.807, 2.05) is 12.1 Å². The zero-order chi connectivity index (χ0) is 23.5. The Hall–Kier alpha value is -4.40. The van der Waals surface area contributed by atoms with Crippen LogP contribution in [0.1, 0.15) is 23.7 Å². The van der Waals surface area contributed by atoms with E-state index in [1.54, 1.807) is 55.7 Å². The Morgan fingerprint density at radius 3 is 2.76 bits per heavy atom. The maximum atomic E-state index is 12.8. The van der Waals surface area contributed by atoms with E-state index in [9.17, 15) is 9.59 Å². The first-order chi connectivity index (χ1) is 16.6. The van der Waals surface area contributed by atoms with Crippen molar-refractivity contribution in [1.82, 2.24) is 15.0 Å². The number of hydrogen-bond donors (Lipinski definition) is 2. The highest BCUT2D eigenvalue weighted by Crippen LogP contribution is 2.32. The number of ether oxygens (including phenoxy) is 3. The molecular formula is C25H22N4O5. The van der Waals surface area contributed by atoms with Crippen LogP contribution in [-0.4, -0.2) is 46.1 Å². The summed E-state index contributed by atoms with van der Waals surface area (Å²) in [5.74, 6) is 0.827. The van der Waals surface area contributed by atoms with Crippen LogP contribution in [0.5, 0.6) is 11.5 Å².